The number of rotatable bonds is 7. The van der Waals surface area contributed by atoms with Crippen LogP contribution in [0.1, 0.15) is 54.8 Å². The number of amides is 2. The molecule has 3 heterocycles. The molecule has 0 radical (unpaired) electrons. The zero-order valence-corrected chi connectivity index (χ0v) is 18.7. The molecule has 0 spiro atoms. The van der Waals surface area contributed by atoms with Crippen LogP contribution in [0.15, 0.2) is 45.8 Å². The third-order valence-corrected chi connectivity index (χ3v) is 6.27. The molecule has 1 saturated heterocycles. The highest BCUT2D eigenvalue weighted by molar-refractivity contribution is 5.95. The second-order valence-corrected chi connectivity index (χ2v) is 8.36. The molecule has 8 nitrogen and oxygen atoms in total. The summed E-state index contributed by atoms with van der Waals surface area (Å²) in [6, 6.07) is 9.44. The highest BCUT2D eigenvalue weighted by atomic mass is 16.3. The molecule has 0 saturated carbocycles. The lowest BCUT2D eigenvalue weighted by atomic mass is 10.0. The van der Waals surface area contributed by atoms with Gasteiger partial charge in [0.15, 0.2) is 0 Å². The Bertz CT molecular complexity index is 1150. The lowest BCUT2D eigenvalue weighted by molar-refractivity contribution is -0.132. The van der Waals surface area contributed by atoms with Gasteiger partial charge in [-0.2, -0.15) is 0 Å². The summed E-state index contributed by atoms with van der Waals surface area (Å²) in [5, 5.41) is 0. The third kappa shape index (κ3) is 4.35. The van der Waals surface area contributed by atoms with E-state index in [0.29, 0.717) is 43.9 Å². The van der Waals surface area contributed by atoms with Crippen molar-refractivity contribution in [3.05, 3.63) is 58.4 Å². The lowest BCUT2D eigenvalue weighted by Crippen LogP contribution is -2.42. The number of fused-ring (bicyclic) bond motifs is 1. The number of piperidine rings is 1. The van der Waals surface area contributed by atoms with Crippen LogP contribution < -0.4 is 5.69 Å². The summed E-state index contributed by atoms with van der Waals surface area (Å²) in [6.45, 7) is 5.99. The topological polar surface area (TPSA) is 91.5 Å². The van der Waals surface area contributed by atoms with Gasteiger partial charge in [-0.3, -0.25) is 14.2 Å². The maximum absolute atomic E-state index is 12.9. The number of carbonyl (C=O) groups is 2. The Kier molecular flexibility index (Phi) is 6.48. The van der Waals surface area contributed by atoms with Gasteiger partial charge in [0.2, 0.25) is 5.91 Å². The van der Waals surface area contributed by atoms with Crippen LogP contribution >= 0.6 is 0 Å². The van der Waals surface area contributed by atoms with E-state index in [1.165, 1.54) is 6.26 Å². The molecule has 0 unspecified atom stereocenters. The number of benzene rings is 1. The summed E-state index contributed by atoms with van der Waals surface area (Å²) in [5.74, 6) is 0.549. The van der Waals surface area contributed by atoms with E-state index in [4.69, 9.17) is 4.42 Å². The van der Waals surface area contributed by atoms with Crippen molar-refractivity contribution in [3.63, 3.8) is 0 Å². The van der Waals surface area contributed by atoms with Crippen molar-refractivity contribution < 1.29 is 14.0 Å². The van der Waals surface area contributed by atoms with E-state index >= 15 is 0 Å². The Morgan fingerprint density at radius 1 is 1.16 bits per heavy atom. The number of carbonyl (C=O) groups excluding carboxylic acids is 2. The van der Waals surface area contributed by atoms with Gasteiger partial charge < -0.3 is 19.2 Å². The van der Waals surface area contributed by atoms with E-state index in [2.05, 4.69) is 4.98 Å². The highest BCUT2D eigenvalue weighted by Crippen LogP contribution is 2.25. The molecule has 0 bridgehead atoms. The standard InChI is InChI=1S/C24H30N4O4/c1-3-12-27(23(30)19-11-16-32-17(19)2)15-10-22(29)26-13-8-18(9-14-26)28-21-7-5-4-6-20(21)25-24(28)31/h4-7,11,16,18H,3,8-10,12-15H2,1-2H3,(H,25,31). The maximum atomic E-state index is 12.9. The molecule has 32 heavy (non-hydrogen) atoms. The minimum atomic E-state index is -0.0979. The van der Waals surface area contributed by atoms with Gasteiger partial charge in [0.05, 0.1) is 22.9 Å². The third-order valence-electron chi connectivity index (χ3n) is 6.27. The normalized spacial score (nSPS) is 14.8. The number of aromatic nitrogens is 2. The molecule has 1 aromatic carbocycles. The van der Waals surface area contributed by atoms with Crippen molar-refractivity contribution in [1.29, 1.82) is 0 Å². The second kappa shape index (κ2) is 9.46. The number of para-hydroxylation sites is 2. The van der Waals surface area contributed by atoms with E-state index < -0.39 is 0 Å². The number of hydrogen-bond donors (Lipinski definition) is 1. The van der Waals surface area contributed by atoms with Gasteiger partial charge in [-0.05, 0) is 44.4 Å². The van der Waals surface area contributed by atoms with Crippen molar-refractivity contribution in [1.82, 2.24) is 19.4 Å². The number of nitrogens with zero attached hydrogens (tertiary/aromatic N) is 3. The Morgan fingerprint density at radius 3 is 2.59 bits per heavy atom. The Labute approximate surface area is 186 Å². The van der Waals surface area contributed by atoms with Gasteiger partial charge in [0.1, 0.15) is 5.76 Å². The predicted octanol–water partition coefficient (Wildman–Crippen LogP) is 3.34. The van der Waals surface area contributed by atoms with E-state index in [1.54, 1.807) is 17.9 Å². The molecule has 1 fully saturated rings. The second-order valence-electron chi connectivity index (χ2n) is 8.36. The fraction of sp³-hybridized carbons (Fsp3) is 0.458. The van der Waals surface area contributed by atoms with Gasteiger partial charge in [0.25, 0.3) is 5.91 Å². The van der Waals surface area contributed by atoms with E-state index in [1.807, 2.05) is 40.7 Å². The van der Waals surface area contributed by atoms with Gasteiger partial charge in [-0.25, -0.2) is 4.79 Å². The van der Waals surface area contributed by atoms with Crippen LogP contribution in [-0.4, -0.2) is 57.3 Å². The fourth-order valence-corrected chi connectivity index (χ4v) is 4.56. The lowest BCUT2D eigenvalue weighted by Gasteiger charge is -2.33. The van der Waals surface area contributed by atoms with E-state index in [-0.39, 0.29) is 23.5 Å². The van der Waals surface area contributed by atoms with E-state index in [0.717, 1.165) is 30.3 Å². The summed E-state index contributed by atoms with van der Waals surface area (Å²) >= 11 is 0. The van der Waals surface area contributed by atoms with Crippen LogP contribution in [0.3, 0.4) is 0 Å². The van der Waals surface area contributed by atoms with Gasteiger partial charge >= 0.3 is 5.69 Å². The number of aryl methyl sites for hydroxylation is 1. The summed E-state index contributed by atoms with van der Waals surface area (Å²) in [7, 11) is 0. The number of nitrogens with one attached hydrogen (secondary N) is 1. The average molecular weight is 439 g/mol. The average Bonchev–Trinajstić information content (AvgIpc) is 3.38. The van der Waals surface area contributed by atoms with Crippen LogP contribution in [0.5, 0.6) is 0 Å². The van der Waals surface area contributed by atoms with Crippen LogP contribution in [-0.2, 0) is 4.79 Å². The molecule has 2 aromatic heterocycles. The Morgan fingerprint density at radius 2 is 1.91 bits per heavy atom. The minimum Gasteiger partial charge on any atom is -0.469 e. The molecule has 170 valence electrons. The molecule has 1 aliphatic heterocycles. The number of likely N-dealkylation sites (tertiary alicyclic amines) is 1. The van der Waals surface area contributed by atoms with Crippen LogP contribution in [0.4, 0.5) is 0 Å². The molecular weight excluding hydrogens is 408 g/mol. The van der Waals surface area contributed by atoms with Crippen molar-refractivity contribution in [2.75, 3.05) is 26.2 Å². The minimum absolute atomic E-state index is 0.0487. The smallest absolute Gasteiger partial charge is 0.326 e. The Hall–Kier alpha value is -3.29. The molecule has 4 rings (SSSR count). The summed E-state index contributed by atoms with van der Waals surface area (Å²) in [6.07, 6.45) is 4.10. The van der Waals surface area contributed by atoms with Gasteiger partial charge in [0, 0.05) is 38.6 Å². The SMILES string of the molecule is CCCN(CCC(=O)N1CCC(n2c(=O)[nH]c3ccccc32)CC1)C(=O)c1ccoc1C. The van der Waals surface area contributed by atoms with Gasteiger partial charge in [-0.15, -0.1) is 0 Å². The molecule has 1 N–H and O–H groups in total. The van der Waals surface area contributed by atoms with Crippen LogP contribution in [0, 0.1) is 6.92 Å². The zero-order chi connectivity index (χ0) is 22.7. The highest BCUT2D eigenvalue weighted by Gasteiger charge is 2.27. The monoisotopic (exact) mass is 438 g/mol. The van der Waals surface area contributed by atoms with Crippen molar-refractivity contribution in [2.45, 2.75) is 45.6 Å². The maximum Gasteiger partial charge on any atom is 0.326 e. The summed E-state index contributed by atoms with van der Waals surface area (Å²) in [4.78, 5) is 44.6. The fourth-order valence-electron chi connectivity index (χ4n) is 4.56. The number of aromatic amines is 1. The van der Waals surface area contributed by atoms with Crippen molar-refractivity contribution in [3.8, 4) is 0 Å². The molecule has 8 heteroatoms. The van der Waals surface area contributed by atoms with E-state index in [9.17, 15) is 14.4 Å². The largest absolute Gasteiger partial charge is 0.469 e. The van der Waals surface area contributed by atoms with Gasteiger partial charge in [-0.1, -0.05) is 19.1 Å². The predicted molar refractivity (Wildman–Crippen MR) is 122 cm³/mol. The quantitative estimate of drug-likeness (QED) is 0.612. The number of furan rings is 1. The molecule has 0 aliphatic carbocycles. The van der Waals surface area contributed by atoms with Crippen LogP contribution in [0.2, 0.25) is 0 Å². The molecule has 2 amide bonds. The first-order valence-electron chi connectivity index (χ1n) is 11.3. The number of H-pyrrole nitrogens is 1. The summed E-state index contributed by atoms with van der Waals surface area (Å²) < 4.78 is 7.09. The van der Waals surface area contributed by atoms with Crippen molar-refractivity contribution >= 4 is 22.8 Å². The molecular formula is C24H30N4O4. The molecule has 3 aromatic rings. The van der Waals surface area contributed by atoms with Crippen molar-refractivity contribution in [2.24, 2.45) is 0 Å². The molecule has 0 atom stereocenters. The zero-order valence-electron chi connectivity index (χ0n) is 18.7. The number of imidazole rings is 1. The first kappa shape index (κ1) is 21.9. The van der Waals surface area contributed by atoms with Crippen LogP contribution in [0.25, 0.3) is 11.0 Å². The Balaban J connectivity index is 1.35. The molecule has 1 aliphatic rings. The summed E-state index contributed by atoms with van der Waals surface area (Å²) in [5.41, 5.74) is 2.20. The first-order valence-corrected chi connectivity index (χ1v) is 11.3. The first-order chi connectivity index (χ1) is 15.5. The number of hydrogen-bond acceptors (Lipinski definition) is 4.